The second-order valence-electron chi connectivity index (χ2n) is 6.62. The van der Waals surface area contributed by atoms with Gasteiger partial charge in [0.15, 0.2) is 0 Å². The number of methoxy groups -OCH3 is 2. The summed E-state index contributed by atoms with van der Waals surface area (Å²) < 4.78 is 38.1. The molecule has 1 aliphatic rings. The van der Waals surface area contributed by atoms with Gasteiger partial charge < -0.3 is 9.47 Å². The smallest absolute Gasteiger partial charge is 0.246 e. The number of piperazine rings is 1. The van der Waals surface area contributed by atoms with Crippen LogP contribution in [0.25, 0.3) is 0 Å². The summed E-state index contributed by atoms with van der Waals surface area (Å²) in [5, 5.41) is 0. The second-order valence-corrected chi connectivity index (χ2v) is 8.53. The van der Waals surface area contributed by atoms with E-state index in [2.05, 4.69) is 24.0 Å². The number of hydrogen-bond donors (Lipinski definition) is 0. The first-order valence-electron chi connectivity index (χ1n) is 8.94. The summed E-state index contributed by atoms with van der Waals surface area (Å²) in [4.78, 5) is 2.47. The average Bonchev–Trinajstić information content (AvgIpc) is 2.69. The fourth-order valence-corrected chi connectivity index (χ4v) is 4.84. The van der Waals surface area contributed by atoms with Gasteiger partial charge in [-0.1, -0.05) is 24.3 Å². The Morgan fingerprint density at radius 3 is 2.30 bits per heavy atom. The van der Waals surface area contributed by atoms with E-state index < -0.39 is 10.0 Å². The molecule has 0 aromatic heterocycles. The molecule has 0 unspecified atom stereocenters. The van der Waals surface area contributed by atoms with Crippen molar-refractivity contribution < 1.29 is 17.9 Å². The molecule has 1 heterocycles. The molecule has 6 nitrogen and oxygen atoms in total. The molecule has 27 heavy (non-hydrogen) atoms. The highest BCUT2D eigenvalue weighted by molar-refractivity contribution is 7.89. The minimum atomic E-state index is -3.61. The molecule has 0 amide bonds. The Kier molecular flexibility index (Phi) is 6.04. The highest BCUT2D eigenvalue weighted by Crippen LogP contribution is 2.31. The molecule has 3 rings (SSSR count). The molecule has 0 N–H and O–H groups in total. The molecule has 1 saturated heterocycles. The third kappa shape index (κ3) is 4.26. The maximum absolute atomic E-state index is 13.1. The van der Waals surface area contributed by atoms with E-state index in [1.165, 1.54) is 29.7 Å². The minimum Gasteiger partial charge on any atom is -0.497 e. The predicted octanol–water partition coefficient (Wildman–Crippen LogP) is 2.52. The van der Waals surface area contributed by atoms with E-state index in [1.54, 1.807) is 18.2 Å². The lowest BCUT2D eigenvalue weighted by molar-refractivity contribution is 0.181. The van der Waals surface area contributed by atoms with E-state index in [9.17, 15) is 8.42 Å². The molecule has 7 heteroatoms. The van der Waals surface area contributed by atoms with Gasteiger partial charge in [-0.15, -0.1) is 0 Å². The first-order valence-corrected chi connectivity index (χ1v) is 10.4. The number of benzene rings is 2. The SMILES string of the molecule is COc1ccc(S(=O)(=O)N2CCN(Cc3ccccc3C)CC2)c(OC)c1. The first-order chi connectivity index (χ1) is 13.0. The Balaban J connectivity index is 1.71. The van der Waals surface area contributed by atoms with Gasteiger partial charge in [0.2, 0.25) is 10.0 Å². The molecular weight excluding hydrogens is 364 g/mol. The third-order valence-corrected chi connectivity index (χ3v) is 6.91. The van der Waals surface area contributed by atoms with Crippen LogP contribution in [0.15, 0.2) is 47.4 Å². The Hall–Kier alpha value is -2.09. The number of aryl methyl sites for hydroxylation is 1. The maximum atomic E-state index is 13.1. The van der Waals surface area contributed by atoms with Crippen LogP contribution in [0, 0.1) is 6.92 Å². The van der Waals surface area contributed by atoms with Crippen LogP contribution in [-0.2, 0) is 16.6 Å². The van der Waals surface area contributed by atoms with Crippen LogP contribution in [0.2, 0.25) is 0 Å². The fourth-order valence-electron chi connectivity index (χ4n) is 3.28. The lowest BCUT2D eigenvalue weighted by atomic mass is 10.1. The molecule has 0 bridgehead atoms. The predicted molar refractivity (Wildman–Crippen MR) is 105 cm³/mol. The molecule has 146 valence electrons. The van der Waals surface area contributed by atoms with Crippen molar-refractivity contribution in [2.75, 3.05) is 40.4 Å². The second kappa shape index (κ2) is 8.29. The highest BCUT2D eigenvalue weighted by Gasteiger charge is 2.31. The van der Waals surface area contributed by atoms with Gasteiger partial charge in [0.05, 0.1) is 14.2 Å². The van der Waals surface area contributed by atoms with Crippen molar-refractivity contribution in [2.45, 2.75) is 18.4 Å². The van der Waals surface area contributed by atoms with Crippen LogP contribution in [0.3, 0.4) is 0 Å². The summed E-state index contributed by atoms with van der Waals surface area (Å²) in [7, 11) is -0.604. The zero-order chi connectivity index (χ0) is 19.4. The van der Waals surface area contributed by atoms with E-state index in [-0.39, 0.29) is 4.90 Å². The van der Waals surface area contributed by atoms with Gasteiger partial charge in [-0.2, -0.15) is 4.31 Å². The van der Waals surface area contributed by atoms with E-state index in [1.807, 2.05) is 12.1 Å². The number of sulfonamides is 1. The monoisotopic (exact) mass is 390 g/mol. The van der Waals surface area contributed by atoms with Crippen LogP contribution in [0.1, 0.15) is 11.1 Å². The van der Waals surface area contributed by atoms with Gasteiger partial charge >= 0.3 is 0 Å². The van der Waals surface area contributed by atoms with Crippen molar-refractivity contribution in [1.82, 2.24) is 9.21 Å². The van der Waals surface area contributed by atoms with Crippen molar-refractivity contribution in [2.24, 2.45) is 0 Å². The molecule has 2 aromatic carbocycles. The van der Waals surface area contributed by atoms with E-state index in [0.29, 0.717) is 37.7 Å². The summed E-state index contributed by atoms with van der Waals surface area (Å²) in [6.07, 6.45) is 0. The molecule has 0 saturated carbocycles. The van der Waals surface area contributed by atoms with Crippen LogP contribution >= 0.6 is 0 Å². The summed E-state index contributed by atoms with van der Waals surface area (Å²) in [5.41, 5.74) is 2.54. The molecule has 0 aliphatic carbocycles. The number of nitrogens with zero attached hydrogens (tertiary/aromatic N) is 2. The van der Waals surface area contributed by atoms with Crippen molar-refractivity contribution in [3.05, 3.63) is 53.6 Å². The summed E-state index contributed by atoms with van der Waals surface area (Å²) in [5.74, 6) is 0.866. The van der Waals surface area contributed by atoms with Crippen LogP contribution in [-0.4, -0.2) is 58.0 Å². The quantitative estimate of drug-likeness (QED) is 0.759. The van der Waals surface area contributed by atoms with Gasteiger partial charge in [0.25, 0.3) is 0 Å². The first kappa shape index (κ1) is 19.7. The van der Waals surface area contributed by atoms with Gasteiger partial charge in [0.1, 0.15) is 16.4 Å². The van der Waals surface area contributed by atoms with Gasteiger partial charge in [-0.25, -0.2) is 8.42 Å². The van der Waals surface area contributed by atoms with Crippen molar-refractivity contribution in [3.63, 3.8) is 0 Å². The lowest BCUT2D eigenvalue weighted by Crippen LogP contribution is -2.48. The Morgan fingerprint density at radius 1 is 0.963 bits per heavy atom. The van der Waals surface area contributed by atoms with Gasteiger partial charge in [-0.3, -0.25) is 4.90 Å². The molecule has 0 radical (unpaired) electrons. The number of hydrogen-bond acceptors (Lipinski definition) is 5. The number of ether oxygens (including phenoxy) is 2. The summed E-state index contributed by atoms with van der Waals surface area (Å²) >= 11 is 0. The largest absolute Gasteiger partial charge is 0.497 e. The van der Waals surface area contributed by atoms with E-state index >= 15 is 0 Å². The maximum Gasteiger partial charge on any atom is 0.246 e. The van der Waals surface area contributed by atoms with Gasteiger partial charge in [-0.05, 0) is 30.2 Å². The molecule has 0 spiro atoms. The molecule has 1 aliphatic heterocycles. The van der Waals surface area contributed by atoms with Crippen molar-refractivity contribution in [3.8, 4) is 11.5 Å². The zero-order valence-corrected chi connectivity index (χ0v) is 16.8. The zero-order valence-electron chi connectivity index (χ0n) is 16.0. The Bertz CT molecular complexity index is 891. The standard InChI is InChI=1S/C20H26N2O4S/c1-16-6-4-5-7-17(16)15-21-10-12-22(13-11-21)27(23,24)20-9-8-18(25-2)14-19(20)26-3/h4-9,14H,10-13,15H2,1-3H3. The molecule has 0 atom stereocenters. The average molecular weight is 391 g/mol. The fraction of sp³-hybridized carbons (Fsp3) is 0.400. The van der Waals surface area contributed by atoms with E-state index in [0.717, 1.165) is 6.54 Å². The highest BCUT2D eigenvalue weighted by atomic mass is 32.2. The van der Waals surface area contributed by atoms with Crippen LogP contribution in [0.4, 0.5) is 0 Å². The molecule has 1 fully saturated rings. The van der Waals surface area contributed by atoms with Crippen LogP contribution in [0.5, 0.6) is 11.5 Å². The molecule has 2 aromatic rings. The Labute approximate surface area is 161 Å². The van der Waals surface area contributed by atoms with Crippen molar-refractivity contribution in [1.29, 1.82) is 0 Å². The Morgan fingerprint density at radius 2 is 1.67 bits per heavy atom. The third-order valence-electron chi connectivity index (χ3n) is 4.98. The minimum absolute atomic E-state index is 0.179. The van der Waals surface area contributed by atoms with Crippen molar-refractivity contribution >= 4 is 10.0 Å². The summed E-state index contributed by atoms with van der Waals surface area (Å²) in [6.45, 7) is 5.27. The van der Waals surface area contributed by atoms with Gasteiger partial charge in [0, 0.05) is 38.8 Å². The van der Waals surface area contributed by atoms with E-state index in [4.69, 9.17) is 9.47 Å². The normalized spacial score (nSPS) is 16.3. The summed E-state index contributed by atoms with van der Waals surface area (Å²) in [6, 6.07) is 13.1. The molecular formula is C20H26N2O4S. The lowest BCUT2D eigenvalue weighted by Gasteiger charge is -2.34. The number of rotatable bonds is 6. The van der Waals surface area contributed by atoms with Crippen LogP contribution < -0.4 is 9.47 Å². The topological polar surface area (TPSA) is 59.1 Å².